The number of hydrogen-bond acceptors (Lipinski definition) is 0. The van der Waals surface area contributed by atoms with Crippen LogP contribution in [0.25, 0.3) is 0 Å². The van der Waals surface area contributed by atoms with Crippen molar-refractivity contribution in [2.45, 2.75) is 13.1 Å². The molecular weight excluding hydrogens is 294 g/mol. The van der Waals surface area contributed by atoms with Gasteiger partial charge in [-0.15, -0.1) is 33.2 Å². The molecule has 0 aliphatic carbocycles. The van der Waals surface area contributed by atoms with Gasteiger partial charge in [0.2, 0.25) is 0 Å². The van der Waals surface area contributed by atoms with Crippen LogP contribution in [0, 0.1) is 0 Å². The lowest BCUT2D eigenvalue weighted by Crippen LogP contribution is -2.29. The minimum Gasteiger partial charge on any atom is -0.170 e. The zero-order chi connectivity index (χ0) is 11.2. The van der Waals surface area contributed by atoms with E-state index in [0.29, 0.717) is 0 Å². The summed E-state index contributed by atoms with van der Waals surface area (Å²) >= 11 is 22.6. The summed E-state index contributed by atoms with van der Waals surface area (Å²) in [5.41, 5.74) is 0. The Kier molecular flexibility index (Phi) is 7.56. The van der Waals surface area contributed by atoms with Crippen molar-refractivity contribution in [3.05, 3.63) is 30.3 Å². The molecule has 0 amide bonds. The fourth-order valence-corrected chi connectivity index (χ4v) is 2.33. The second-order valence-corrected chi connectivity index (χ2v) is 15.2. The van der Waals surface area contributed by atoms with E-state index in [0.717, 1.165) is 5.19 Å². The van der Waals surface area contributed by atoms with Gasteiger partial charge in [-0.2, -0.15) is 11.1 Å². The molecule has 0 spiro atoms. The molecule has 0 aromatic heterocycles. The smallest absolute Gasteiger partial charge is 0.170 e. The van der Waals surface area contributed by atoms with Crippen LogP contribution in [-0.2, 0) is 0 Å². The zero-order valence-corrected chi connectivity index (χ0v) is 12.9. The first kappa shape index (κ1) is 14.8. The van der Waals surface area contributed by atoms with Gasteiger partial charge in [-0.25, -0.2) is 0 Å². The Balaban J connectivity index is 0.000000364. The van der Waals surface area contributed by atoms with Crippen molar-refractivity contribution in [3.63, 3.8) is 0 Å². The number of hydrogen-bond donors (Lipinski definition) is 0. The van der Waals surface area contributed by atoms with Crippen LogP contribution >= 0.6 is 44.3 Å². The van der Waals surface area contributed by atoms with Gasteiger partial charge in [-0.3, -0.25) is 0 Å². The molecule has 0 fully saturated rings. The van der Waals surface area contributed by atoms with Gasteiger partial charge >= 0.3 is 6.00 Å². The Bertz CT molecular complexity index is 243. The molecule has 1 radical (unpaired) electrons. The quantitative estimate of drug-likeness (QED) is 0.543. The Morgan fingerprint density at radius 3 is 1.57 bits per heavy atom. The van der Waals surface area contributed by atoms with Gasteiger partial charge < -0.3 is 0 Å². The van der Waals surface area contributed by atoms with E-state index in [9.17, 15) is 0 Å². The maximum Gasteiger partial charge on any atom is 0.372 e. The zero-order valence-electron chi connectivity index (χ0n) is 7.90. The molecule has 14 heavy (non-hydrogen) atoms. The van der Waals surface area contributed by atoms with Crippen molar-refractivity contribution < 1.29 is 0 Å². The van der Waals surface area contributed by atoms with Gasteiger partial charge in [-0.05, 0) is 5.19 Å². The third-order valence-corrected chi connectivity index (χ3v) is 4.05. The molecule has 0 saturated carbocycles. The Hall–Kier alpha value is 0.814. The predicted octanol–water partition coefficient (Wildman–Crippen LogP) is 4.03. The van der Waals surface area contributed by atoms with E-state index in [1.165, 1.54) is 0 Å². The average Bonchev–Trinajstić information content (AvgIpc) is 2.03. The Labute approximate surface area is 107 Å². The highest BCUT2D eigenvalue weighted by Crippen LogP contribution is 2.18. The minimum absolute atomic E-state index is 0.407. The van der Waals surface area contributed by atoms with Gasteiger partial charge in [0.05, 0.1) is 0 Å². The molecule has 0 bridgehead atoms. The number of rotatable bonds is 1. The average molecular weight is 305 g/mol. The maximum atomic E-state index is 5.73. The molecule has 0 unspecified atom stereocenters. The summed E-state index contributed by atoms with van der Waals surface area (Å²) in [7, 11) is -0.407. The van der Waals surface area contributed by atoms with Gasteiger partial charge in [0, 0.05) is 0 Å². The second-order valence-electron chi connectivity index (χ2n) is 2.74. The first-order valence-corrected chi connectivity index (χ1v) is 12.5. The fraction of sp³-hybridized carbons (Fsp3) is 0.250. The van der Waals surface area contributed by atoms with Crippen molar-refractivity contribution >= 4 is 63.6 Å². The summed E-state index contributed by atoms with van der Waals surface area (Å²) < 4.78 is 0. The molecule has 6 heteroatoms. The first-order chi connectivity index (χ1) is 6.34. The van der Waals surface area contributed by atoms with Crippen LogP contribution in [0.15, 0.2) is 30.3 Å². The summed E-state index contributed by atoms with van der Waals surface area (Å²) in [6.45, 7) is 4.07. The van der Waals surface area contributed by atoms with Crippen LogP contribution in [0.5, 0.6) is 0 Å². The van der Waals surface area contributed by atoms with Gasteiger partial charge in [0.15, 0.2) is 8.11 Å². The molecule has 0 heterocycles. The van der Waals surface area contributed by atoms with Crippen molar-refractivity contribution in [3.8, 4) is 0 Å². The molecule has 0 N–H and O–H groups in total. The van der Waals surface area contributed by atoms with Crippen molar-refractivity contribution in [1.82, 2.24) is 0 Å². The Morgan fingerprint density at radius 1 is 1.00 bits per heavy atom. The Morgan fingerprint density at radius 2 is 1.36 bits per heavy atom. The molecule has 79 valence electrons. The van der Waals surface area contributed by atoms with Crippen molar-refractivity contribution in [2.75, 3.05) is 0 Å². The highest BCUT2D eigenvalue weighted by molar-refractivity contribution is 7.69. The highest BCUT2D eigenvalue weighted by Gasteiger charge is 2.26. The second kappa shape index (κ2) is 7.15. The van der Waals surface area contributed by atoms with E-state index < -0.39 is 14.1 Å². The molecular formula is C8H11Cl4Si2. The molecule has 0 atom stereocenters. The van der Waals surface area contributed by atoms with Crippen LogP contribution in [0.1, 0.15) is 0 Å². The third-order valence-electron chi connectivity index (χ3n) is 1.10. The van der Waals surface area contributed by atoms with E-state index in [2.05, 4.69) is 0 Å². The lowest BCUT2D eigenvalue weighted by atomic mass is 10.4. The maximum absolute atomic E-state index is 5.73. The number of benzene rings is 1. The summed E-state index contributed by atoms with van der Waals surface area (Å²) in [5, 5.41) is 0.833. The topological polar surface area (TPSA) is 0 Å². The van der Waals surface area contributed by atoms with Crippen molar-refractivity contribution in [2.24, 2.45) is 0 Å². The van der Waals surface area contributed by atoms with Crippen LogP contribution in [-0.4, -0.2) is 14.1 Å². The van der Waals surface area contributed by atoms with E-state index in [1.54, 1.807) is 0 Å². The largest absolute Gasteiger partial charge is 0.372 e. The van der Waals surface area contributed by atoms with E-state index in [1.807, 2.05) is 43.4 Å². The molecule has 0 aliphatic rings. The highest BCUT2D eigenvalue weighted by atomic mass is 35.8. The monoisotopic (exact) mass is 303 g/mol. The van der Waals surface area contributed by atoms with E-state index >= 15 is 0 Å². The standard InChI is InChI=1S/C6H5Cl3Si.C2H6ClSi/c7-10(8,9)6-4-2-1-3-5-6;1-4(2)3/h1-5H;1-2H3. The third kappa shape index (κ3) is 8.15. The van der Waals surface area contributed by atoms with Crippen LogP contribution in [0.4, 0.5) is 0 Å². The lowest BCUT2D eigenvalue weighted by molar-refractivity contribution is 1.77. The van der Waals surface area contributed by atoms with Crippen molar-refractivity contribution in [1.29, 1.82) is 0 Å². The SMILES string of the molecule is C[Si](C)Cl.Cl[Si](Cl)(Cl)c1ccccc1. The molecule has 0 saturated heterocycles. The normalized spacial score (nSPS) is 10.8. The van der Waals surface area contributed by atoms with Gasteiger partial charge in [0.1, 0.15) is 0 Å². The predicted molar refractivity (Wildman–Crippen MR) is 72.7 cm³/mol. The van der Waals surface area contributed by atoms with E-state index in [4.69, 9.17) is 44.3 Å². The van der Waals surface area contributed by atoms with Gasteiger partial charge in [-0.1, -0.05) is 43.4 Å². The summed E-state index contributed by atoms with van der Waals surface area (Å²) in [4.78, 5) is 0. The first-order valence-electron chi connectivity index (χ1n) is 3.92. The minimum atomic E-state index is -2.62. The summed E-state index contributed by atoms with van der Waals surface area (Å²) in [5.74, 6) is 0. The lowest BCUT2D eigenvalue weighted by Gasteiger charge is -2.05. The molecule has 0 aliphatic heterocycles. The van der Waals surface area contributed by atoms with Crippen LogP contribution < -0.4 is 5.19 Å². The summed E-state index contributed by atoms with van der Waals surface area (Å²) in [6, 6.07) is 6.68. The van der Waals surface area contributed by atoms with Crippen LogP contribution in [0.3, 0.4) is 0 Å². The summed E-state index contributed by atoms with van der Waals surface area (Å²) in [6.07, 6.45) is 0. The van der Waals surface area contributed by atoms with Crippen LogP contribution in [0.2, 0.25) is 13.1 Å². The fourth-order valence-electron chi connectivity index (χ4n) is 0.627. The molecule has 1 aromatic rings. The van der Waals surface area contributed by atoms with Gasteiger partial charge in [0.25, 0.3) is 0 Å². The van der Waals surface area contributed by atoms with E-state index in [-0.39, 0.29) is 0 Å². The molecule has 1 aromatic carbocycles. The molecule has 0 nitrogen and oxygen atoms in total. The molecule has 1 rings (SSSR count). The number of halogens is 4.